The van der Waals surface area contributed by atoms with E-state index in [-0.39, 0.29) is 5.92 Å². The highest BCUT2D eigenvalue weighted by Gasteiger charge is 2.53. The van der Waals surface area contributed by atoms with E-state index in [0.717, 1.165) is 24.0 Å². The van der Waals surface area contributed by atoms with Crippen LogP contribution in [0, 0.1) is 11.8 Å². The minimum absolute atomic E-state index is 0.186. The van der Waals surface area contributed by atoms with Gasteiger partial charge in [0.2, 0.25) is 0 Å². The fourth-order valence-corrected chi connectivity index (χ4v) is 8.87. The van der Waals surface area contributed by atoms with Crippen molar-refractivity contribution in [1.29, 1.82) is 0 Å². The number of aromatic nitrogens is 1. The summed E-state index contributed by atoms with van der Waals surface area (Å²) in [5.74, 6) is 1.24. The van der Waals surface area contributed by atoms with Crippen LogP contribution in [0.4, 0.5) is 0 Å². The molecule has 144 valence electrons. The van der Waals surface area contributed by atoms with Crippen molar-refractivity contribution in [2.24, 2.45) is 11.8 Å². The average Bonchev–Trinajstić information content (AvgIpc) is 2.65. The number of nitrogens with zero attached hydrogens (tertiary/aromatic N) is 2. The van der Waals surface area contributed by atoms with Gasteiger partial charge in [-0.1, -0.05) is 28.9 Å². The van der Waals surface area contributed by atoms with Gasteiger partial charge in [-0.05, 0) is 49.7 Å². The van der Waals surface area contributed by atoms with Crippen LogP contribution in [0.3, 0.4) is 0 Å². The van der Waals surface area contributed by atoms with Crippen LogP contribution in [-0.2, 0) is 11.2 Å². The molecule has 3 fully saturated rings. The fraction of sp³-hybridized carbons (Fsp3) is 0.636. The SMILES string of the molecule is CC1CC2SC3CC(Br)CCC3N3C=C(Cc4cccnc4)C(=O)C(C1)C23. The summed E-state index contributed by atoms with van der Waals surface area (Å²) in [5, 5.41) is 1.30. The first kappa shape index (κ1) is 18.2. The number of allylic oxidation sites excluding steroid dienone is 1. The van der Waals surface area contributed by atoms with Gasteiger partial charge in [0.25, 0.3) is 0 Å². The van der Waals surface area contributed by atoms with Crippen LogP contribution in [0.25, 0.3) is 0 Å². The van der Waals surface area contributed by atoms with Gasteiger partial charge in [0.1, 0.15) is 0 Å². The number of alkyl halides is 1. The summed E-state index contributed by atoms with van der Waals surface area (Å²) in [7, 11) is 0. The van der Waals surface area contributed by atoms with Gasteiger partial charge >= 0.3 is 0 Å². The molecule has 0 bridgehead atoms. The molecule has 4 aliphatic rings. The molecule has 5 rings (SSSR count). The Kier molecular flexibility index (Phi) is 4.87. The zero-order chi connectivity index (χ0) is 18.5. The predicted octanol–water partition coefficient (Wildman–Crippen LogP) is 4.61. The number of fused-ring (bicyclic) bond motifs is 2. The molecule has 27 heavy (non-hydrogen) atoms. The molecule has 2 aliphatic carbocycles. The van der Waals surface area contributed by atoms with Gasteiger partial charge in [0.15, 0.2) is 5.78 Å². The van der Waals surface area contributed by atoms with E-state index in [4.69, 9.17) is 0 Å². The minimum Gasteiger partial charge on any atom is -0.368 e. The zero-order valence-corrected chi connectivity index (χ0v) is 18.2. The van der Waals surface area contributed by atoms with E-state index >= 15 is 0 Å². The van der Waals surface area contributed by atoms with E-state index in [0.29, 0.717) is 39.1 Å². The third-order valence-electron chi connectivity index (χ3n) is 6.93. The van der Waals surface area contributed by atoms with Crippen LogP contribution in [-0.4, -0.2) is 43.1 Å². The van der Waals surface area contributed by atoms with Crippen LogP contribution < -0.4 is 0 Å². The third kappa shape index (κ3) is 3.29. The molecule has 5 heteroatoms. The number of thioether (sulfide) groups is 1. The van der Waals surface area contributed by atoms with Crippen molar-refractivity contribution in [1.82, 2.24) is 9.88 Å². The molecule has 7 atom stereocenters. The molecule has 7 unspecified atom stereocenters. The van der Waals surface area contributed by atoms with E-state index < -0.39 is 0 Å². The second kappa shape index (κ2) is 7.22. The van der Waals surface area contributed by atoms with Crippen molar-refractivity contribution < 1.29 is 4.79 Å². The average molecular weight is 447 g/mol. The maximum absolute atomic E-state index is 13.4. The largest absolute Gasteiger partial charge is 0.368 e. The molecule has 0 spiro atoms. The molecule has 3 heterocycles. The Morgan fingerprint density at radius 1 is 1.26 bits per heavy atom. The van der Waals surface area contributed by atoms with E-state index in [9.17, 15) is 4.79 Å². The Hall–Kier alpha value is -0.810. The first-order valence-electron chi connectivity index (χ1n) is 10.3. The smallest absolute Gasteiger partial charge is 0.165 e. The molecular weight excluding hydrogens is 420 g/mol. The molecular formula is C22H27BrN2OS. The van der Waals surface area contributed by atoms with Crippen molar-refractivity contribution >= 4 is 33.5 Å². The Bertz CT molecular complexity index is 754. The highest BCUT2D eigenvalue weighted by Crippen LogP contribution is 2.52. The first-order valence-corrected chi connectivity index (χ1v) is 12.2. The number of pyridine rings is 1. The summed E-state index contributed by atoms with van der Waals surface area (Å²) < 4.78 is 0. The summed E-state index contributed by atoms with van der Waals surface area (Å²) in [6.07, 6.45) is 12.8. The Labute approximate surface area is 174 Å². The van der Waals surface area contributed by atoms with Gasteiger partial charge in [-0.2, -0.15) is 11.8 Å². The van der Waals surface area contributed by atoms with Crippen molar-refractivity contribution in [2.45, 2.75) is 72.9 Å². The van der Waals surface area contributed by atoms with Crippen molar-refractivity contribution in [3.05, 3.63) is 41.9 Å². The van der Waals surface area contributed by atoms with Gasteiger partial charge in [-0.15, -0.1) is 0 Å². The summed E-state index contributed by atoms with van der Waals surface area (Å²) in [5.41, 5.74) is 2.15. The topological polar surface area (TPSA) is 33.2 Å². The molecule has 1 saturated heterocycles. The van der Waals surface area contributed by atoms with Crippen LogP contribution in [0.2, 0.25) is 0 Å². The zero-order valence-electron chi connectivity index (χ0n) is 15.8. The van der Waals surface area contributed by atoms with E-state index in [2.05, 4.69) is 56.8 Å². The maximum atomic E-state index is 13.4. The summed E-state index contributed by atoms with van der Waals surface area (Å²) in [6.45, 7) is 2.34. The Morgan fingerprint density at radius 3 is 2.96 bits per heavy atom. The lowest BCUT2D eigenvalue weighted by Gasteiger charge is -2.58. The van der Waals surface area contributed by atoms with Crippen LogP contribution >= 0.6 is 27.7 Å². The standard InChI is InChI=1S/C22H27BrN2OS/c1-13-7-17-21-20(8-13)27-19-10-16(23)4-5-18(19)25(21)12-15(22(17)26)9-14-3-2-6-24-11-14/h2-3,6,11-13,16-21H,4-5,7-10H2,1H3. The van der Waals surface area contributed by atoms with Gasteiger partial charge < -0.3 is 4.90 Å². The highest BCUT2D eigenvalue weighted by atomic mass is 79.9. The summed E-state index contributed by atoms with van der Waals surface area (Å²) in [4.78, 5) is 21.0. The molecule has 0 aromatic carbocycles. The first-order chi connectivity index (χ1) is 13.1. The van der Waals surface area contributed by atoms with Crippen LogP contribution in [0.15, 0.2) is 36.3 Å². The number of carbonyl (C=O) groups excluding carboxylic acids is 1. The molecule has 0 amide bonds. The summed E-state index contributed by atoms with van der Waals surface area (Å²) in [6, 6.07) is 5.07. The minimum atomic E-state index is 0.186. The third-order valence-corrected chi connectivity index (χ3v) is 9.44. The maximum Gasteiger partial charge on any atom is 0.165 e. The molecule has 0 radical (unpaired) electrons. The second-order valence-electron chi connectivity index (χ2n) is 8.87. The molecule has 1 aromatic rings. The van der Waals surface area contributed by atoms with Gasteiger partial charge in [0, 0.05) is 57.9 Å². The van der Waals surface area contributed by atoms with E-state index in [1.807, 2.05) is 12.3 Å². The Balaban J connectivity index is 1.51. The number of carbonyl (C=O) groups is 1. The predicted molar refractivity (Wildman–Crippen MR) is 114 cm³/mol. The normalized spacial score (nSPS) is 40.8. The summed E-state index contributed by atoms with van der Waals surface area (Å²) >= 11 is 6.08. The number of halogens is 1. The van der Waals surface area contributed by atoms with Gasteiger partial charge in [-0.3, -0.25) is 9.78 Å². The lowest BCUT2D eigenvalue weighted by molar-refractivity contribution is -0.125. The van der Waals surface area contributed by atoms with Crippen LogP contribution in [0.1, 0.15) is 44.6 Å². The van der Waals surface area contributed by atoms with Crippen LogP contribution in [0.5, 0.6) is 0 Å². The fourth-order valence-electron chi connectivity index (χ4n) is 5.78. The number of ketones is 1. The monoisotopic (exact) mass is 446 g/mol. The lowest BCUT2D eigenvalue weighted by Crippen LogP contribution is -2.63. The number of Topliss-reactive ketones (excluding diaryl/α,β-unsaturated/α-hetero) is 1. The van der Waals surface area contributed by atoms with E-state index in [1.54, 1.807) is 6.20 Å². The molecule has 0 N–H and O–H groups in total. The lowest BCUT2D eigenvalue weighted by atomic mass is 9.71. The molecule has 2 aliphatic heterocycles. The Morgan fingerprint density at radius 2 is 2.15 bits per heavy atom. The van der Waals surface area contributed by atoms with E-state index in [1.165, 1.54) is 25.7 Å². The number of hydrogen-bond acceptors (Lipinski definition) is 4. The van der Waals surface area contributed by atoms with Crippen molar-refractivity contribution in [2.75, 3.05) is 0 Å². The van der Waals surface area contributed by atoms with Crippen molar-refractivity contribution in [3.8, 4) is 0 Å². The van der Waals surface area contributed by atoms with Gasteiger partial charge in [-0.25, -0.2) is 0 Å². The molecule has 2 saturated carbocycles. The van der Waals surface area contributed by atoms with Gasteiger partial charge in [0.05, 0.1) is 6.04 Å². The second-order valence-corrected chi connectivity index (χ2v) is 11.6. The quantitative estimate of drug-likeness (QED) is 0.621. The highest BCUT2D eigenvalue weighted by molar-refractivity contribution is 9.09. The number of rotatable bonds is 2. The molecule has 1 aromatic heterocycles. The molecule has 3 nitrogen and oxygen atoms in total. The van der Waals surface area contributed by atoms with Crippen molar-refractivity contribution in [3.63, 3.8) is 0 Å². The number of hydrogen-bond donors (Lipinski definition) is 0.